The molecule has 0 amide bonds. The third kappa shape index (κ3) is 1.83. The van der Waals surface area contributed by atoms with Gasteiger partial charge in [0, 0.05) is 11.6 Å². The third-order valence-corrected chi connectivity index (χ3v) is 3.14. The Kier molecular flexibility index (Phi) is 3.25. The largest absolute Gasteiger partial charge is 0.359 e. The van der Waals surface area contributed by atoms with Gasteiger partial charge in [0.25, 0.3) is 0 Å². The van der Waals surface area contributed by atoms with E-state index in [9.17, 15) is 4.39 Å². The topological polar surface area (TPSA) is 41.8 Å². The van der Waals surface area contributed by atoms with Crippen molar-refractivity contribution in [2.75, 3.05) is 6.54 Å². The highest BCUT2D eigenvalue weighted by atomic mass is 19.1. The Morgan fingerprint density at radius 2 is 2.25 bits per heavy atom. The van der Waals surface area contributed by atoms with E-state index >= 15 is 0 Å². The summed E-state index contributed by atoms with van der Waals surface area (Å²) < 4.78 is 13.5. The van der Waals surface area contributed by atoms with Crippen LogP contribution in [0.1, 0.15) is 31.2 Å². The first kappa shape index (κ1) is 11.1. The zero-order valence-electron chi connectivity index (χ0n) is 9.46. The molecule has 3 N–H and O–H groups in total. The predicted octanol–water partition coefficient (Wildman–Crippen LogP) is 3.15. The molecule has 0 aliphatic carbocycles. The second kappa shape index (κ2) is 4.66. The van der Waals surface area contributed by atoms with E-state index in [1.807, 2.05) is 12.3 Å². The Morgan fingerprint density at radius 1 is 1.44 bits per heavy atom. The molecule has 0 aliphatic heterocycles. The van der Waals surface area contributed by atoms with E-state index in [-0.39, 0.29) is 5.82 Å². The minimum atomic E-state index is -0.189. The van der Waals surface area contributed by atoms with Crippen molar-refractivity contribution < 1.29 is 4.39 Å². The number of hydrogen-bond donors (Lipinski definition) is 2. The van der Waals surface area contributed by atoms with Crippen molar-refractivity contribution in [3.63, 3.8) is 0 Å². The molecule has 1 unspecified atom stereocenters. The van der Waals surface area contributed by atoms with Gasteiger partial charge < -0.3 is 10.7 Å². The van der Waals surface area contributed by atoms with Crippen LogP contribution >= 0.6 is 0 Å². The molecule has 0 bridgehead atoms. The van der Waals surface area contributed by atoms with Crippen LogP contribution in [0.15, 0.2) is 24.4 Å². The van der Waals surface area contributed by atoms with Crippen molar-refractivity contribution in [3.8, 4) is 0 Å². The van der Waals surface area contributed by atoms with E-state index in [1.54, 1.807) is 6.07 Å². The van der Waals surface area contributed by atoms with E-state index in [0.717, 1.165) is 18.2 Å². The van der Waals surface area contributed by atoms with Crippen LogP contribution in [0.25, 0.3) is 10.9 Å². The number of fused-ring (bicyclic) bond motifs is 1. The Bertz CT molecular complexity index is 476. The molecule has 0 saturated heterocycles. The second-order valence-corrected chi connectivity index (χ2v) is 4.09. The normalized spacial score (nSPS) is 13.2. The zero-order chi connectivity index (χ0) is 11.5. The van der Waals surface area contributed by atoms with E-state index in [4.69, 9.17) is 5.73 Å². The number of halogens is 1. The Morgan fingerprint density at radius 3 is 2.94 bits per heavy atom. The molecule has 0 aliphatic rings. The molecule has 1 heterocycles. The Balaban J connectivity index is 2.48. The average molecular weight is 220 g/mol. The van der Waals surface area contributed by atoms with Gasteiger partial charge in [0.15, 0.2) is 0 Å². The van der Waals surface area contributed by atoms with Gasteiger partial charge in [-0.1, -0.05) is 19.1 Å². The molecule has 86 valence electrons. The lowest BCUT2D eigenvalue weighted by atomic mass is 9.93. The summed E-state index contributed by atoms with van der Waals surface area (Å²) in [6.07, 6.45) is 3.89. The molecule has 0 fully saturated rings. The Hall–Kier alpha value is -1.35. The summed E-state index contributed by atoms with van der Waals surface area (Å²) in [5.41, 5.74) is 7.39. The fourth-order valence-electron chi connectivity index (χ4n) is 2.26. The van der Waals surface area contributed by atoms with E-state index in [0.29, 0.717) is 18.0 Å². The monoisotopic (exact) mass is 220 g/mol. The van der Waals surface area contributed by atoms with Gasteiger partial charge in [0.1, 0.15) is 5.82 Å². The van der Waals surface area contributed by atoms with Crippen LogP contribution in [-0.2, 0) is 0 Å². The maximum Gasteiger partial charge on any atom is 0.147 e. The summed E-state index contributed by atoms with van der Waals surface area (Å²) in [6, 6.07) is 5.19. The van der Waals surface area contributed by atoms with Gasteiger partial charge in [-0.2, -0.15) is 0 Å². The average Bonchev–Trinajstić information content (AvgIpc) is 2.71. The van der Waals surface area contributed by atoms with Gasteiger partial charge in [-0.15, -0.1) is 0 Å². The fourth-order valence-corrected chi connectivity index (χ4v) is 2.26. The quantitative estimate of drug-likeness (QED) is 0.816. The summed E-state index contributed by atoms with van der Waals surface area (Å²) in [4.78, 5) is 3.01. The number of nitrogens with one attached hydrogen (secondary N) is 1. The molecule has 1 aromatic carbocycles. The van der Waals surface area contributed by atoms with Crippen LogP contribution in [0.2, 0.25) is 0 Å². The van der Waals surface area contributed by atoms with Crippen molar-refractivity contribution in [1.29, 1.82) is 0 Å². The molecule has 1 atom stereocenters. The maximum atomic E-state index is 13.5. The van der Waals surface area contributed by atoms with E-state index < -0.39 is 0 Å². The lowest BCUT2D eigenvalue weighted by Gasteiger charge is -2.12. The molecule has 2 aromatic rings. The van der Waals surface area contributed by atoms with Crippen LogP contribution < -0.4 is 5.73 Å². The predicted molar refractivity (Wildman–Crippen MR) is 65.0 cm³/mol. The van der Waals surface area contributed by atoms with Crippen molar-refractivity contribution in [2.24, 2.45) is 5.73 Å². The minimum absolute atomic E-state index is 0.189. The van der Waals surface area contributed by atoms with Crippen molar-refractivity contribution in [3.05, 3.63) is 35.8 Å². The lowest BCUT2D eigenvalue weighted by molar-refractivity contribution is 0.618. The first-order chi connectivity index (χ1) is 7.77. The number of benzene rings is 1. The van der Waals surface area contributed by atoms with Crippen LogP contribution in [0.3, 0.4) is 0 Å². The lowest BCUT2D eigenvalue weighted by Crippen LogP contribution is -2.06. The van der Waals surface area contributed by atoms with Gasteiger partial charge >= 0.3 is 0 Å². The number of aromatic amines is 1. The maximum absolute atomic E-state index is 13.5. The number of rotatable bonds is 4. The second-order valence-electron chi connectivity index (χ2n) is 4.09. The van der Waals surface area contributed by atoms with Crippen LogP contribution in [0.5, 0.6) is 0 Å². The van der Waals surface area contributed by atoms with E-state index in [2.05, 4.69) is 11.9 Å². The van der Waals surface area contributed by atoms with Gasteiger partial charge in [0.2, 0.25) is 0 Å². The number of H-pyrrole nitrogens is 1. The standard InChI is InChI=1S/C13H17FN2/c1-2-9(6-7-15)11-8-16-13-10(11)4-3-5-12(13)14/h3-5,8-9,16H,2,6-7,15H2,1H3. The van der Waals surface area contributed by atoms with Gasteiger partial charge in [-0.25, -0.2) is 4.39 Å². The highest BCUT2D eigenvalue weighted by Gasteiger charge is 2.14. The molecular formula is C13H17FN2. The number of para-hydroxylation sites is 1. The number of aromatic nitrogens is 1. The summed E-state index contributed by atoms with van der Waals surface area (Å²) in [7, 11) is 0. The van der Waals surface area contributed by atoms with Crippen molar-refractivity contribution in [2.45, 2.75) is 25.7 Å². The number of nitrogens with two attached hydrogens (primary N) is 1. The highest BCUT2D eigenvalue weighted by molar-refractivity contribution is 5.84. The van der Waals surface area contributed by atoms with Crippen LogP contribution in [0, 0.1) is 5.82 Å². The van der Waals surface area contributed by atoms with E-state index in [1.165, 1.54) is 11.6 Å². The summed E-state index contributed by atoms with van der Waals surface area (Å²) in [5, 5.41) is 0.986. The fraction of sp³-hybridized carbons (Fsp3) is 0.385. The van der Waals surface area contributed by atoms with Gasteiger partial charge in [0.05, 0.1) is 5.52 Å². The zero-order valence-corrected chi connectivity index (χ0v) is 9.46. The molecule has 2 rings (SSSR count). The van der Waals surface area contributed by atoms with Gasteiger partial charge in [-0.3, -0.25) is 0 Å². The SMILES string of the molecule is CCC(CCN)c1c[nH]c2c(F)cccc12. The molecule has 0 radical (unpaired) electrons. The smallest absolute Gasteiger partial charge is 0.147 e. The van der Waals surface area contributed by atoms with Crippen LogP contribution in [-0.4, -0.2) is 11.5 Å². The molecular weight excluding hydrogens is 203 g/mol. The van der Waals surface area contributed by atoms with Crippen molar-refractivity contribution >= 4 is 10.9 Å². The summed E-state index contributed by atoms with van der Waals surface area (Å²) in [6.45, 7) is 2.80. The molecule has 3 heteroatoms. The molecule has 2 nitrogen and oxygen atoms in total. The van der Waals surface area contributed by atoms with Crippen LogP contribution in [0.4, 0.5) is 4.39 Å². The van der Waals surface area contributed by atoms with Crippen molar-refractivity contribution in [1.82, 2.24) is 4.98 Å². The first-order valence-electron chi connectivity index (χ1n) is 5.73. The molecule has 0 spiro atoms. The Labute approximate surface area is 94.7 Å². The number of hydrogen-bond acceptors (Lipinski definition) is 1. The summed E-state index contributed by atoms with van der Waals surface area (Å²) >= 11 is 0. The minimum Gasteiger partial charge on any atom is -0.359 e. The highest BCUT2D eigenvalue weighted by Crippen LogP contribution is 2.30. The third-order valence-electron chi connectivity index (χ3n) is 3.14. The van der Waals surface area contributed by atoms with Gasteiger partial charge in [-0.05, 0) is 36.9 Å². The first-order valence-corrected chi connectivity index (χ1v) is 5.73. The summed E-state index contributed by atoms with van der Waals surface area (Å²) in [5.74, 6) is 0.229. The molecule has 0 saturated carbocycles. The molecule has 1 aromatic heterocycles. The molecule has 16 heavy (non-hydrogen) atoms.